The summed E-state index contributed by atoms with van der Waals surface area (Å²) in [6, 6.07) is 37.9. The summed E-state index contributed by atoms with van der Waals surface area (Å²) >= 11 is 7.04. The molecule has 0 aliphatic heterocycles. The molecule has 4 rings (SSSR count). The van der Waals surface area contributed by atoms with E-state index in [4.69, 9.17) is 11.2 Å². The molecule has 0 saturated carbocycles. The van der Waals surface area contributed by atoms with Crippen LogP contribution in [0.1, 0.15) is 0 Å². The van der Waals surface area contributed by atoms with E-state index < -0.39 is 14.4 Å². The van der Waals surface area contributed by atoms with Gasteiger partial charge in [0.2, 0.25) is 0 Å². The number of benzene rings is 4. The van der Waals surface area contributed by atoms with Crippen molar-refractivity contribution in [3.8, 4) is 11.1 Å². The summed E-state index contributed by atoms with van der Waals surface area (Å²) in [4.78, 5) is 0. The van der Waals surface area contributed by atoms with Gasteiger partial charge in [-0.2, -0.15) is 0 Å². The minimum Gasteiger partial charge on any atom is -0.313 e. The Bertz CT molecular complexity index is 1070. The molecule has 144 valence electrons. The van der Waals surface area contributed by atoms with Crippen molar-refractivity contribution in [2.24, 2.45) is 0 Å². The topological polar surface area (TPSA) is 17.1 Å². The monoisotopic (exact) mass is 434 g/mol. The molecule has 1 atom stereocenters. The Kier molecular flexibility index (Phi) is 6.31. The van der Waals surface area contributed by atoms with Crippen LogP contribution in [0.3, 0.4) is 0 Å². The van der Waals surface area contributed by atoms with E-state index in [9.17, 15) is 4.57 Å². The van der Waals surface area contributed by atoms with E-state index in [1.54, 1.807) is 0 Å². The smallest absolute Gasteiger partial charge is 0.148 e. The van der Waals surface area contributed by atoms with Crippen LogP contribution in [-0.2, 0) is 4.57 Å². The van der Waals surface area contributed by atoms with Gasteiger partial charge >= 0.3 is 0 Å². The molecule has 0 aliphatic carbocycles. The van der Waals surface area contributed by atoms with Gasteiger partial charge in [0.15, 0.2) is 0 Å². The lowest BCUT2D eigenvalue weighted by Gasteiger charge is -2.23. The van der Waals surface area contributed by atoms with Gasteiger partial charge in [-0.25, -0.2) is 0 Å². The van der Waals surface area contributed by atoms with Crippen LogP contribution in [0.15, 0.2) is 115 Å². The van der Waals surface area contributed by atoms with Crippen molar-refractivity contribution in [2.45, 2.75) is 0 Å². The predicted molar refractivity (Wildman–Crippen MR) is 129 cm³/mol. The van der Waals surface area contributed by atoms with E-state index in [0.29, 0.717) is 5.90 Å². The number of hydrogen-bond acceptors (Lipinski definition) is 1. The third kappa shape index (κ3) is 4.39. The normalized spacial score (nSPS) is 12.4. The third-order valence-corrected chi connectivity index (χ3v) is 12.2. The zero-order chi connectivity index (χ0) is 20.1. The van der Waals surface area contributed by atoms with Crippen molar-refractivity contribution < 1.29 is 4.57 Å². The molecule has 0 heterocycles. The molecule has 0 spiro atoms. The summed E-state index contributed by atoms with van der Waals surface area (Å²) in [6.07, 6.45) is 0. The van der Waals surface area contributed by atoms with Gasteiger partial charge in [-0.3, -0.25) is 0 Å². The van der Waals surface area contributed by atoms with E-state index in [0.717, 1.165) is 27.0 Å². The fourth-order valence-electron chi connectivity index (χ4n) is 3.45. The fraction of sp³-hybridized carbons (Fsp3) is 0.0400. The molecule has 0 saturated heterocycles. The van der Waals surface area contributed by atoms with Crippen molar-refractivity contribution in [3.63, 3.8) is 0 Å². The van der Waals surface area contributed by atoms with Gasteiger partial charge in [-0.15, -0.1) is 0 Å². The Balaban J connectivity index is 1.76. The zero-order valence-electron chi connectivity index (χ0n) is 15.9. The maximum absolute atomic E-state index is 14.4. The largest absolute Gasteiger partial charge is 0.313 e. The molecule has 0 fully saturated rings. The van der Waals surface area contributed by atoms with Crippen LogP contribution >= 0.6 is 25.7 Å². The molecule has 4 aromatic carbocycles. The summed E-state index contributed by atoms with van der Waals surface area (Å²) in [5.41, 5.74) is 2.24. The molecule has 0 aliphatic rings. The second-order valence-corrected chi connectivity index (χ2v) is 12.9. The van der Waals surface area contributed by atoms with E-state index >= 15 is 0 Å². The molecular formula is C25H21ClOP2. The molecule has 0 radical (unpaired) electrons. The van der Waals surface area contributed by atoms with Crippen molar-refractivity contribution in [2.75, 3.05) is 5.90 Å². The molecule has 0 aromatic heterocycles. The Hall–Kier alpha value is -2.17. The van der Waals surface area contributed by atoms with Crippen LogP contribution in [0.4, 0.5) is 0 Å². The maximum atomic E-state index is 14.4. The second-order valence-electron chi connectivity index (χ2n) is 6.80. The summed E-state index contributed by atoms with van der Waals surface area (Å²) in [6.45, 7) is 0. The highest BCUT2D eigenvalue weighted by Gasteiger charge is 2.31. The average molecular weight is 435 g/mol. The summed E-state index contributed by atoms with van der Waals surface area (Å²) in [5, 5.41) is 2.79. The standard InChI is InChI=1S/C25H21ClOP2/c26-28(25-19-11-10-18-24(25)21-12-4-1-5-13-21)20-29(27,22-14-6-2-7-15-22)23-16-8-3-9-17-23/h1-19H,20H2. The van der Waals surface area contributed by atoms with E-state index in [2.05, 4.69) is 24.3 Å². The van der Waals surface area contributed by atoms with Crippen LogP contribution < -0.4 is 15.9 Å². The van der Waals surface area contributed by atoms with Crippen LogP contribution in [0.5, 0.6) is 0 Å². The highest BCUT2D eigenvalue weighted by molar-refractivity contribution is 8.00. The first-order valence-electron chi connectivity index (χ1n) is 9.46. The molecule has 0 N–H and O–H groups in total. The van der Waals surface area contributed by atoms with Crippen molar-refractivity contribution >= 4 is 41.6 Å². The zero-order valence-corrected chi connectivity index (χ0v) is 18.4. The van der Waals surface area contributed by atoms with Gasteiger partial charge in [0.05, 0.1) is 0 Å². The molecule has 29 heavy (non-hydrogen) atoms. The van der Waals surface area contributed by atoms with Crippen molar-refractivity contribution in [3.05, 3.63) is 115 Å². The second kappa shape index (κ2) is 9.10. The average Bonchev–Trinajstić information content (AvgIpc) is 2.80. The SMILES string of the molecule is O=P(CP(Cl)c1ccccc1-c1ccccc1)(c1ccccc1)c1ccccc1. The van der Waals surface area contributed by atoms with Gasteiger partial charge in [0, 0.05) is 23.8 Å². The molecule has 4 aromatic rings. The lowest BCUT2D eigenvalue weighted by atomic mass is 10.1. The molecular weight excluding hydrogens is 414 g/mol. The highest BCUT2D eigenvalue weighted by Crippen LogP contribution is 2.58. The van der Waals surface area contributed by atoms with Crippen LogP contribution in [-0.4, -0.2) is 5.90 Å². The lowest BCUT2D eigenvalue weighted by Crippen LogP contribution is -2.19. The molecule has 0 amide bonds. The van der Waals surface area contributed by atoms with Crippen molar-refractivity contribution in [1.29, 1.82) is 0 Å². The van der Waals surface area contributed by atoms with E-state index in [1.165, 1.54) is 0 Å². The Labute approximate surface area is 178 Å². The summed E-state index contributed by atoms with van der Waals surface area (Å²) < 4.78 is 14.4. The Morgan fingerprint density at radius 2 is 1.07 bits per heavy atom. The van der Waals surface area contributed by atoms with Crippen molar-refractivity contribution in [1.82, 2.24) is 0 Å². The first-order valence-corrected chi connectivity index (χ1v) is 13.8. The van der Waals surface area contributed by atoms with Gasteiger partial charge in [-0.05, 0) is 16.4 Å². The van der Waals surface area contributed by atoms with Gasteiger partial charge in [0.1, 0.15) is 7.14 Å². The minimum atomic E-state index is -2.86. The minimum absolute atomic E-state index is 0.432. The molecule has 0 bridgehead atoms. The lowest BCUT2D eigenvalue weighted by molar-refractivity contribution is 0.589. The van der Waals surface area contributed by atoms with Gasteiger partial charge in [0.25, 0.3) is 0 Å². The first kappa shape index (κ1) is 20.1. The van der Waals surface area contributed by atoms with Gasteiger partial charge < -0.3 is 4.57 Å². The Morgan fingerprint density at radius 1 is 0.621 bits per heavy atom. The van der Waals surface area contributed by atoms with E-state index in [-0.39, 0.29) is 0 Å². The maximum Gasteiger partial charge on any atom is 0.148 e. The van der Waals surface area contributed by atoms with Gasteiger partial charge in [-0.1, -0.05) is 127 Å². The first-order chi connectivity index (χ1) is 14.2. The quantitative estimate of drug-likeness (QED) is 0.313. The Morgan fingerprint density at radius 3 is 1.62 bits per heavy atom. The molecule has 4 heteroatoms. The predicted octanol–water partition coefficient (Wildman–Crippen LogP) is 6.59. The van der Waals surface area contributed by atoms with Crippen LogP contribution in [0, 0.1) is 0 Å². The highest BCUT2D eigenvalue weighted by atomic mass is 35.7. The molecule has 1 unspecified atom stereocenters. The van der Waals surface area contributed by atoms with Crippen LogP contribution in [0.25, 0.3) is 11.1 Å². The summed E-state index contributed by atoms with van der Waals surface area (Å²) in [7, 11) is -4.01. The number of rotatable bonds is 6. The van der Waals surface area contributed by atoms with Crippen LogP contribution in [0.2, 0.25) is 0 Å². The number of halogens is 1. The number of hydrogen-bond donors (Lipinski definition) is 0. The molecule has 1 nitrogen and oxygen atoms in total. The van der Waals surface area contributed by atoms with E-state index in [1.807, 2.05) is 91.0 Å². The third-order valence-electron chi connectivity index (χ3n) is 4.92. The summed E-state index contributed by atoms with van der Waals surface area (Å²) in [5.74, 6) is 0.432. The fourth-order valence-corrected chi connectivity index (χ4v) is 10.9.